The van der Waals surface area contributed by atoms with Crippen LogP contribution in [0.15, 0.2) is 48.5 Å². The maximum absolute atomic E-state index is 12.7. The number of nitrogens with one attached hydrogen (secondary N) is 2. The number of carbonyl (C=O) groups is 1. The van der Waals surface area contributed by atoms with Crippen LogP contribution >= 0.6 is 0 Å². The molecule has 2 N–H and O–H groups in total. The Morgan fingerprint density at radius 1 is 0.826 bits per heavy atom. The van der Waals surface area contributed by atoms with Gasteiger partial charge in [-0.15, -0.1) is 0 Å². The summed E-state index contributed by atoms with van der Waals surface area (Å²) in [5.41, 5.74) is 0.549. The van der Waals surface area contributed by atoms with E-state index in [1.165, 1.54) is 24.3 Å². The van der Waals surface area contributed by atoms with E-state index >= 15 is 0 Å². The lowest BCUT2D eigenvalue weighted by Gasteiger charge is -2.09. The Labute approximate surface area is 130 Å². The molecule has 0 atom stereocenters. The molecule has 0 aliphatic rings. The van der Waals surface area contributed by atoms with Crippen LogP contribution in [0.25, 0.3) is 0 Å². The molecule has 2 aromatic carbocycles. The van der Waals surface area contributed by atoms with Crippen LogP contribution in [0.4, 0.5) is 22.4 Å². The summed E-state index contributed by atoms with van der Waals surface area (Å²) in [6.45, 7) is 0.326. The summed E-state index contributed by atoms with van der Waals surface area (Å²) < 4.78 is 50.0. The summed E-state index contributed by atoms with van der Waals surface area (Å²) in [7, 11) is 0. The normalized spacial score (nSPS) is 11.1. The van der Waals surface area contributed by atoms with E-state index < -0.39 is 17.8 Å². The zero-order valence-electron chi connectivity index (χ0n) is 12.0. The van der Waals surface area contributed by atoms with E-state index in [9.17, 15) is 22.4 Å². The van der Waals surface area contributed by atoms with E-state index in [2.05, 4.69) is 10.6 Å². The molecule has 2 rings (SSSR count). The molecule has 2 amide bonds. The Morgan fingerprint density at radius 3 is 1.70 bits per heavy atom. The molecule has 3 nitrogen and oxygen atoms in total. The Hall–Kier alpha value is -2.57. The quantitative estimate of drug-likeness (QED) is 0.824. The first-order chi connectivity index (χ1) is 10.8. The van der Waals surface area contributed by atoms with Crippen molar-refractivity contribution in [1.82, 2.24) is 10.6 Å². The van der Waals surface area contributed by atoms with Gasteiger partial charge in [-0.25, -0.2) is 9.18 Å². The minimum Gasteiger partial charge on any atom is -0.334 e. The van der Waals surface area contributed by atoms with Crippen molar-refractivity contribution in [2.75, 3.05) is 0 Å². The second-order valence-corrected chi connectivity index (χ2v) is 4.86. The standard InChI is InChI=1S/C16H14F4N2O/c17-14-7-3-12(4-8-14)10-22-15(23)21-9-11-1-5-13(6-2-11)16(18,19)20/h1-8H,9-10H2,(H2,21,22,23). The Morgan fingerprint density at radius 2 is 1.26 bits per heavy atom. The summed E-state index contributed by atoms with van der Waals surface area (Å²) in [4.78, 5) is 11.6. The molecule has 0 aliphatic carbocycles. The lowest BCUT2D eigenvalue weighted by Crippen LogP contribution is -2.34. The number of amides is 2. The molecule has 0 aliphatic heterocycles. The van der Waals surface area contributed by atoms with Crippen LogP contribution in [0.1, 0.15) is 16.7 Å². The van der Waals surface area contributed by atoms with Crippen LogP contribution < -0.4 is 10.6 Å². The maximum atomic E-state index is 12.7. The Kier molecular flexibility index (Phi) is 5.20. The van der Waals surface area contributed by atoms with Gasteiger partial charge in [-0.2, -0.15) is 13.2 Å². The lowest BCUT2D eigenvalue weighted by molar-refractivity contribution is -0.137. The number of hydrogen-bond acceptors (Lipinski definition) is 1. The summed E-state index contributed by atoms with van der Waals surface area (Å²) in [5.74, 6) is -0.361. The van der Waals surface area contributed by atoms with Gasteiger partial charge >= 0.3 is 12.2 Å². The largest absolute Gasteiger partial charge is 0.416 e. The SMILES string of the molecule is O=C(NCc1ccc(F)cc1)NCc1ccc(C(F)(F)F)cc1. The molecule has 7 heteroatoms. The molecule has 0 spiro atoms. The molecule has 0 aromatic heterocycles. The monoisotopic (exact) mass is 326 g/mol. The van der Waals surface area contributed by atoms with Gasteiger partial charge in [0.25, 0.3) is 0 Å². The van der Waals surface area contributed by atoms with Crippen LogP contribution in [-0.4, -0.2) is 6.03 Å². The molecule has 0 fully saturated rings. The molecular weight excluding hydrogens is 312 g/mol. The summed E-state index contributed by atoms with van der Waals surface area (Å²) in [5, 5.41) is 5.11. The van der Waals surface area contributed by atoms with Crippen LogP contribution in [0.2, 0.25) is 0 Å². The number of alkyl halides is 3. The molecule has 0 saturated heterocycles. The number of benzene rings is 2. The summed E-state index contributed by atoms with van der Waals surface area (Å²) in [6.07, 6.45) is -4.38. The van der Waals surface area contributed by atoms with Gasteiger partial charge in [0.2, 0.25) is 0 Å². The number of rotatable bonds is 4. The first kappa shape index (κ1) is 16.8. The van der Waals surface area contributed by atoms with Gasteiger partial charge in [0.15, 0.2) is 0 Å². The predicted molar refractivity (Wildman–Crippen MR) is 76.9 cm³/mol. The van der Waals surface area contributed by atoms with Gasteiger partial charge in [-0.3, -0.25) is 0 Å². The van der Waals surface area contributed by atoms with Gasteiger partial charge in [0.1, 0.15) is 5.82 Å². The van der Waals surface area contributed by atoms with Crippen molar-refractivity contribution in [1.29, 1.82) is 0 Å². The first-order valence-electron chi connectivity index (χ1n) is 6.77. The average molecular weight is 326 g/mol. The third kappa shape index (κ3) is 5.28. The Balaban J connectivity index is 1.79. The zero-order chi connectivity index (χ0) is 16.9. The summed E-state index contributed by atoms with van der Waals surface area (Å²) in [6, 6.07) is 9.76. The fourth-order valence-electron chi connectivity index (χ4n) is 1.84. The van der Waals surface area contributed by atoms with Crippen LogP contribution in [-0.2, 0) is 19.3 Å². The van der Waals surface area contributed by atoms with Gasteiger partial charge in [0, 0.05) is 13.1 Å². The van der Waals surface area contributed by atoms with Crippen LogP contribution in [0.3, 0.4) is 0 Å². The van der Waals surface area contributed by atoms with E-state index in [4.69, 9.17) is 0 Å². The number of halogens is 4. The molecule has 0 unspecified atom stereocenters. The number of carbonyl (C=O) groups excluding carboxylic acids is 1. The first-order valence-corrected chi connectivity index (χ1v) is 6.77. The molecular formula is C16H14F4N2O. The third-order valence-electron chi connectivity index (χ3n) is 3.10. The van der Waals surface area contributed by atoms with Crippen LogP contribution in [0, 0.1) is 5.82 Å². The van der Waals surface area contributed by atoms with E-state index in [0.717, 1.165) is 17.7 Å². The van der Waals surface area contributed by atoms with E-state index in [1.54, 1.807) is 12.1 Å². The van der Waals surface area contributed by atoms with Gasteiger partial charge in [0.05, 0.1) is 5.56 Å². The highest BCUT2D eigenvalue weighted by molar-refractivity contribution is 5.73. The molecule has 0 heterocycles. The van der Waals surface area contributed by atoms with Gasteiger partial charge in [-0.05, 0) is 35.4 Å². The minimum absolute atomic E-state index is 0.105. The zero-order valence-corrected chi connectivity index (χ0v) is 12.0. The van der Waals surface area contributed by atoms with Gasteiger partial charge in [-0.1, -0.05) is 24.3 Å². The van der Waals surface area contributed by atoms with Crippen molar-refractivity contribution >= 4 is 6.03 Å². The molecule has 0 saturated carbocycles. The highest BCUT2D eigenvalue weighted by atomic mass is 19.4. The molecule has 2 aromatic rings. The smallest absolute Gasteiger partial charge is 0.334 e. The highest BCUT2D eigenvalue weighted by Crippen LogP contribution is 2.28. The summed E-state index contributed by atoms with van der Waals surface area (Å²) >= 11 is 0. The molecule has 122 valence electrons. The van der Waals surface area contributed by atoms with E-state index in [-0.39, 0.29) is 18.9 Å². The van der Waals surface area contributed by atoms with Crippen molar-refractivity contribution in [3.63, 3.8) is 0 Å². The van der Waals surface area contributed by atoms with Gasteiger partial charge < -0.3 is 10.6 Å². The molecule has 0 radical (unpaired) electrons. The van der Waals surface area contributed by atoms with Crippen molar-refractivity contribution in [3.8, 4) is 0 Å². The lowest BCUT2D eigenvalue weighted by atomic mass is 10.1. The number of hydrogen-bond donors (Lipinski definition) is 2. The van der Waals surface area contributed by atoms with Crippen molar-refractivity contribution in [2.45, 2.75) is 19.3 Å². The highest BCUT2D eigenvalue weighted by Gasteiger charge is 2.29. The third-order valence-corrected chi connectivity index (χ3v) is 3.10. The average Bonchev–Trinajstić information content (AvgIpc) is 2.52. The topological polar surface area (TPSA) is 41.1 Å². The Bertz CT molecular complexity index is 651. The molecule has 23 heavy (non-hydrogen) atoms. The second-order valence-electron chi connectivity index (χ2n) is 4.86. The van der Waals surface area contributed by atoms with Crippen LogP contribution in [0.5, 0.6) is 0 Å². The van der Waals surface area contributed by atoms with E-state index in [1.807, 2.05) is 0 Å². The maximum Gasteiger partial charge on any atom is 0.416 e. The predicted octanol–water partition coefficient (Wildman–Crippen LogP) is 3.84. The van der Waals surface area contributed by atoms with Crippen molar-refractivity contribution in [3.05, 3.63) is 71.0 Å². The second kappa shape index (κ2) is 7.13. The number of urea groups is 1. The van der Waals surface area contributed by atoms with E-state index in [0.29, 0.717) is 5.56 Å². The minimum atomic E-state index is -4.38. The molecule has 0 bridgehead atoms. The fraction of sp³-hybridized carbons (Fsp3) is 0.188. The van der Waals surface area contributed by atoms with Crippen molar-refractivity contribution in [2.24, 2.45) is 0 Å². The fourth-order valence-corrected chi connectivity index (χ4v) is 1.84. The van der Waals surface area contributed by atoms with Crippen molar-refractivity contribution < 1.29 is 22.4 Å².